The number of aliphatic hydroxyl groups is 1. The number of rotatable bonds is 3. The van der Waals surface area contributed by atoms with Crippen LogP contribution in [0.4, 0.5) is 11.4 Å². The van der Waals surface area contributed by atoms with E-state index in [1.54, 1.807) is 36.9 Å². The Morgan fingerprint density at radius 3 is 2.89 bits per heavy atom. The summed E-state index contributed by atoms with van der Waals surface area (Å²) in [5.41, 5.74) is 6.20. The molecule has 0 saturated heterocycles. The standard InChI is InChI=1S/C13H18N2O3/c1-13(2,17)5-6-15-10-4-3-9(14)7-11(10)18-8-12(15)16/h3-4,7,17H,5-6,8,14H2,1-2H3. The molecule has 1 aliphatic heterocycles. The molecule has 1 aliphatic rings. The summed E-state index contributed by atoms with van der Waals surface area (Å²) in [6, 6.07) is 5.21. The predicted molar refractivity (Wildman–Crippen MR) is 69.6 cm³/mol. The van der Waals surface area contributed by atoms with Gasteiger partial charge in [-0.15, -0.1) is 0 Å². The Balaban J connectivity index is 2.23. The number of carbonyl (C=O) groups is 1. The number of nitrogens with zero attached hydrogens (tertiary/aromatic N) is 1. The highest BCUT2D eigenvalue weighted by molar-refractivity contribution is 5.98. The normalized spacial score (nSPS) is 15.3. The maximum atomic E-state index is 11.8. The largest absolute Gasteiger partial charge is 0.481 e. The summed E-state index contributed by atoms with van der Waals surface area (Å²) in [7, 11) is 0. The average Bonchev–Trinajstić information content (AvgIpc) is 2.26. The van der Waals surface area contributed by atoms with Crippen molar-refractivity contribution in [1.82, 2.24) is 0 Å². The quantitative estimate of drug-likeness (QED) is 0.789. The minimum Gasteiger partial charge on any atom is -0.481 e. The Bertz CT molecular complexity index is 466. The number of hydrogen-bond donors (Lipinski definition) is 2. The number of ether oxygens (including phenoxy) is 1. The van der Waals surface area contributed by atoms with Crippen molar-refractivity contribution in [1.29, 1.82) is 0 Å². The molecule has 1 aromatic carbocycles. The van der Waals surface area contributed by atoms with Crippen LogP contribution in [0.1, 0.15) is 20.3 Å². The number of nitrogen functional groups attached to an aromatic ring is 1. The first-order chi connectivity index (χ1) is 8.37. The highest BCUT2D eigenvalue weighted by atomic mass is 16.5. The van der Waals surface area contributed by atoms with Gasteiger partial charge in [0, 0.05) is 18.3 Å². The summed E-state index contributed by atoms with van der Waals surface area (Å²) in [5, 5.41) is 9.74. The molecule has 1 aromatic rings. The van der Waals surface area contributed by atoms with Gasteiger partial charge in [0.05, 0.1) is 11.3 Å². The van der Waals surface area contributed by atoms with Gasteiger partial charge in [-0.2, -0.15) is 0 Å². The zero-order valence-corrected chi connectivity index (χ0v) is 10.6. The van der Waals surface area contributed by atoms with E-state index < -0.39 is 5.60 Å². The SMILES string of the molecule is CC(C)(O)CCN1C(=O)COc2cc(N)ccc21. The van der Waals surface area contributed by atoms with Crippen LogP contribution >= 0.6 is 0 Å². The molecule has 18 heavy (non-hydrogen) atoms. The lowest BCUT2D eigenvalue weighted by Crippen LogP contribution is -2.41. The Kier molecular flexibility index (Phi) is 3.17. The van der Waals surface area contributed by atoms with Gasteiger partial charge < -0.3 is 20.5 Å². The minimum atomic E-state index is -0.799. The van der Waals surface area contributed by atoms with Crippen LogP contribution in [0, 0.1) is 0 Å². The van der Waals surface area contributed by atoms with Crippen LogP contribution in [-0.2, 0) is 4.79 Å². The van der Waals surface area contributed by atoms with E-state index in [1.807, 2.05) is 0 Å². The zero-order valence-electron chi connectivity index (χ0n) is 10.6. The van der Waals surface area contributed by atoms with Crippen LogP contribution in [0.5, 0.6) is 5.75 Å². The molecule has 0 bridgehead atoms. The topological polar surface area (TPSA) is 75.8 Å². The van der Waals surface area contributed by atoms with Gasteiger partial charge in [0.2, 0.25) is 0 Å². The molecule has 5 heteroatoms. The fourth-order valence-corrected chi connectivity index (χ4v) is 1.85. The minimum absolute atomic E-state index is 0.0162. The van der Waals surface area contributed by atoms with Gasteiger partial charge in [0.25, 0.3) is 5.91 Å². The fourth-order valence-electron chi connectivity index (χ4n) is 1.85. The average molecular weight is 250 g/mol. The number of benzene rings is 1. The molecule has 3 N–H and O–H groups in total. The van der Waals surface area contributed by atoms with E-state index in [0.717, 1.165) is 0 Å². The Hall–Kier alpha value is -1.75. The van der Waals surface area contributed by atoms with Crippen molar-refractivity contribution in [2.45, 2.75) is 25.9 Å². The fraction of sp³-hybridized carbons (Fsp3) is 0.462. The van der Waals surface area contributed by atoms with Crippen molar-refractivity contribution in [2.75, 3.05) is 23.8 Å². The van der Waals surface area contributed by atoms with Gasteiger partial charge in [-0.25, -0.2) is 0 Å². The Labute approximate surface area is 106 Å². The summed E-state index contributed by atoms with van der Waals surface area (Å²) in [5.74, 6) is 0.516. The zero-order chi connectivity index (χ0) is 13.3. The van der Waals surface area contributed by atoms with E-state index >= 15 is 0 Å². The molecule has 5 nitrogen and oxygen atoms in total. The lowest BCUT2D eigenvalue weighted by atomic mass is 10.0. The van der Waals surface area contributed by atoms with E-state index in [9.17, 15) is 9.90 Å². The van der Waals surface area contributed by atoms with Crippen LogP contribution in [0.2, 0.25) is 0 Å². The van der Waals surface area contributed by atoms with Crippen LogP contribution in [0.3, 0.4) is 0 Å². The molecular formula is C13H18N2O3. The molecule has 1 amide bonds. The van der Waals surface area contributed by atoms with Gasteiger partial charge in [0.1, 0.15) is 5.75 Å². The first-order valence-corrected chi connectivity index (χ1v) is 5.92. The van der Waals surface area contributed by atoms with Crippen molar-refractivity contribution in [3.05, 3.63) is 18.2 Å². The van der Waals surface area contributed by atoms with E-state index in [1.165, 1.54) is 0 Å². The highest BCUT2D eigenvalue weighted by Crippen LogP contribution is 2.34. The van der Waals surface area contributed by atoms with E-state index in [0.29, 0.717) is 30.1 Å². The summed E-state index contributed by atoms with van der Waals surface area (Å²) in [6.45, 7) is 3.93. The van der Waals surface area contributed by atoms with Crippen LogP contribution < -0.4 is 15.4 Å². The number of anilines is 2. The monoisotopic (exact) mass is 250 g/mol. The van der Waals surface area contributed by atoms with E-state index in [-0.39, 0.29) is 12.5 Å². The summed E-state index contributed by atoms with van der Waals surface area (Å²) in [4.78, 5) is 13.5. The van der Waals surface area contributed by atoms with Crippen molar-refractivity contribution in [2.24, 2.45) is 0 Å². The van der Waals surface area contributed by atoms with E-state index in [2.05, 4.69) is 0 Å². The Morgan fingerprint density at radius 1 is 1.50 bits per heavy atom. The van der Waals surface area contributed by atoms with Crippen molar-refractivity contribution in [3.8, 4) is 5.75 Å². The molecular weight excluding hydrogens is 232 g/mol. The molecule has 2 rings (SSSR count). The lowest BCUT2D eigenvalue weighted by molar-refractivity contribution is -0.121. The van der Waals surface area contributed by atoms with Gasteiger partial charge in [-0.05, 0) is 32.4 Å². The summed E-state index contributed by atoms with van der Waals surface area (Å²) >= 11 is 0. The van der Waals surface area contributed by atoms with E-state index in [4.69, 9.17) is 10.5 Å². The molecule has 1 heterocycles. The van der Waals surface area contributed by atoms with Crippen LogP contribution in [-0.4, -0.2) is 29.8 Å². The molecule has 98 valence electrons. The Morgan fingerprint density at radius 2 is 2.22 bits per heavy atom. The highest BCUT2D eigenvalue weighted by Gasteiger charge is 2.27. The third-order valence-corrected chi connectivity index (χ3v) is 2.87. The third kappa shape index (κ3) is 2.73. The van der Waals surface area contributed by atoms with Crippen molar-refractivity contribution in [3.63, 3.8) is 0 Å². The second-order valence-electron chi connectivity index (χ2n) is 5.12. The lowest BCUT2D eigenvalue weighted by Gasteiger charge is -2.31. The second kappa shape index (κ2) is 4.49. The molecule has 0 spiro atoms. The molecule has 0 saturated carbocycles. The molecule has 0 radical (unpaired) electrons. The molecule has 0 fully saturated rings. The molecule has 0 unspecified atom stereocenters. The maximum Gasteiger partial charge on any atom is 0.265 e. The van der Waals surface area contributed by atoms with Crippen molar-refractivity contribution < 1.29 is 14.6 Å². The van der Waals surface area contributed by atoms with Crippen molar-refractivity contribution >= 4 is 17.3 Å². The summed E-state index contributed by atoms with van der Waals surface area (Å²) in [6.07, 6.45) is 0.503. The van der Waals surface area contributed by atoms with Gasteiger partial charge in [-0.1, -0.05) is 0 Å². The first-order valence-electron chi connectivity index (χ1n) is 5.92. The number of hydrogen-bond acceptors (Lipinski definition) is 4. The first kappa shape index (κ1) is 12.7. The predicted octanol–water partition coefficient (Wildman–Crippen LogP) is 1.16. The number of fused-ring (bicyclic) bond motifs is 1. The van der Waals surface area contributed by atoms with Gasteiger partial charge in [-0.3, -0.25) is 4.79 Å². The number of carbonyl (C=O) groups excluding carboxylic acids is 1. The number of nitrogens with two attached hydrogens (primary N) is 1. The maximum absolute atomic E-state index is 11.8. The van der Waals surface area contributed by atoms with Crippen LogP contribution in [0.25, 0.3) is 0 Å². The van der Waals surface area contributed by atoms with Gasteiger partial charge in [0.15, 0.2) is 6.61 Å². The van der Waals surface area contributed by atoms with Gasteiger partial charge >= 0.3 is 0 Å². The molecule has 0 aromatic heterocycles. The third-order valence-electron chi connectivity index (χ3n) is 2.87. The molecule has 0 atom stereocenters. The smallest absolute Gasteiger partial charge is 0.265 e. The van der Waals surface area contributed by atoms with Crippen LogP contribution in [0.15, 0.2) is 18.2 Å². The summed E-state index contributed by atoms with van der Waals surface area (Å²) < 4.78 is 5.35. The molecule has 0 aliphatic carbocycles. The second-order valence-corrected chi connectivity index (χ2v) is 5.12. The number of amides is 1.